The smallest absolute Gasteiger partial charge is 0.170 e. The Hall–Kier alpha value is -0.570. The third-order valence-corrected chi connectivity index (χ3v) is 4.29. The molecular weight excluding hydrogens is 271 g/mol. The van der Waals surface area contributed by atoms with E-state index in [-0.39, 0.29) is 29.8 Å². The van der Waals surface area contributed by atoms with E-state index in [4.69, 9.17) is 27.9 Å². The lowest BCUT2D eigenvalue weighted by Gasteiger charge is -2.17. The predicted molar refractivity (Wildman–Crippen MR) is 73.5 cm³/mol. The third kappa shape index (κ3) is 2.42. The Morgan fingerprint density at radius 3 is 2.33 bits per heavy atom. The van der Waals surface area contributed by atoms with E-state index in [9.17, 15) is 4.79 Å². The first-order chi connectivity index (χ1) is 8.41. The van der Waals surface area contributed by atoms with Crippen LogP contribution in [-0.2, 0) is 4.74 Å². The minimum Gasteiger partial charge on any atom is -0.374 e. The summed E-state index contributed by atoms with van der Waals surface area (Å²) in [6.45, 7) is 5.98. The predicted octanol–water partition coefficient (Wildman–Crippen LogP) is 4.24. The largest absolute Gasteiger partial charge is 0.374 e. The molecule has 0 bridgehead atoms. The molecule has 2 rings (SSSR count). The lowest BCUT2D eigenvalue weighted by Crippen LogP contribution is -2.27. The lowest BCUT2D eigenvalue weighted by molar-refractivity contribution is 0.0491. The van der Waals surface area contributed by atoms with Crippen molar-refractivity contribution in [2.24, 2.45) is 11.8 Å². The molecule has 0 saturated carbocycles. The summed E-state index contributed by atoms with van der Waals surface area (Å²) < 4.78 is 5.70. The Labute approximate surface area is 117 Å². The Morgan fingerprint density at radius 1 is 1.17 bits per heavy atom. The van der Waals surface area contributed by atoms with Crippen LogP contribution < -0.4 is 0 Å². The van der Waals surface area contributed by atoms with Gasteiger partial charge in [0, 0.05) is 10.6 Å². The van der Waals surface area contributed by atoms with Gasteiger partial charge < -0.3 is 4.74 Å². The minimum atomic E-state index is -0.140. The molecule has 0 amide bonds. The molecular formula is C14H16Cl2O2. The number of Topliss-reactive ketones (excluding diaryl/α,β-unsaturated/α-hetero) is 1. The maximum absolute atomic E-state index is 12.5. The van der Waals surface area contributed by atoms with Crippen molar-refractivity contribution < 1.29 is 9.53 Å². The maximum atomic E-state index is 12.5. The van der Waals surface area contributed by atoms with Gasteiger partial charge in [0.2, 0.25) is 0 Å². The van der Waals surface area contributed by atoms with E-state index in [0.29, 0.717) is 15.6 Å². The van der Waals surface area contributed by atoms with Gasteiger partial charge in [-0.05, 0) is 38.0 Å². The molecule has 1 aromatic rings. The zero-order chi connectivity index (χ0) is 13.4. The summed E-state index contributed by atoms with van der Waals surface area (Å²) in [6.07, 6.45) is 0.0225. The summed E-state index contributed by atoms with van der Waals surface area (Å²) in [5, 5.41) is 0.945. The Balaban J connectivity index is 2.31. The number of carbonyl (C=O) groups is 1. The second kappa shape index (κ2) is 5.20. The van der Waals surface area contributed by atoms with Crippen LogP contribution in [0.15, 0.2) is 18.2 Å². The number of hydrogen-bond acceptors (Lipinski definition) is 2. The summed E-state index contributed by atoms with van der Waals surface area (Å²) in [7, 11) is 0. The molecule has 1 fully saturated rings. The van der Waals surface area contributed by atoms with Crippen LogP contribution in [0, 0.1) is 11.8 Å². The maximum Gasteiger partial charge on any atom is 0.170 e. The molecule has 4 heteroatoms. The molecule has 1 aromatic carbocycles. The molecule has 0 spiro atoms. The van der Waals surface area contributed by atoms with Gasteiger partial charge in [-0.15, -0.1) is 0 Å². The molecule has 1 aliphatic rings. The second-order valence-electron chi connectivity index (χ2n) is 4.92. The first-order valence-electron chi connectivity index (χ1n) is 6.06. The van der Waals surface area contributed by atoms with Crippen molar-refractivity contribution in [3.05, 3.63) is 33.8 Å². The van der Waals surface area contributed by atoms with E-state index in [1.807, 2.05) is 20.8 Å². The third-order valence-electron chi connectivity index (χ3n) is 3.74. The fourth-order valence-electron chi connectivity index (χ4n) is 2.59. The molecule has 0 aromatic heterocycles. The van der Waals surface area contributed by atoms with Crippen molar-refractivity contribution in [1.82, 2.24) is 0 Å². The topological polar surface area (TPSA) is 26.3 Å². The summed E-state index contributed by atoms with van der Waals surface area (Å²) in [5.74, 6) is 0.0962. The zero-order valence-electron chi connectivity index (χ0n) is 10.6. The van der Waals surface area contributed by atoms with Crippen LogP contribution in [0.5, 0.6) is 0 Å². The number of hydrogen-bond donors (Lipinski definition) is 0. The average molecular weight is 287 g/mol. The highest BCUT2D eigenvalue weighted by molar-refractivity contribution is 6.36. The highest BCUT2D eigenvalue weighted by Gasteiger charge is 2.42. The van der Waals surface area contributed by atoms with Gasteiger partial charge in [-0.3, -0.25) is 4.79 Å². The van der Waals surface area contributed by atoms with E-state index >= 15 is 0 Å². The van der Waals surface area contributed by atoms with Crippen LogP contribution >= 0.6 is 23.2 Å². The van der Waals surface area contributed by atoms with Gasteiger partial charge in [0.1, 0.15) is 0 Å². The molecule has 2 nitrogen and oxygen atoms in total. The van der Waals surface area contributed by atoms with Crippen LogP contribution in [0.2, 0.25) is 10.0 Å². The molecule has 4 atom stereocenters. The molecule has 18 heavy (non-hydrogen) atoms. The Kier molecular flexibility index (Phi) is 4.00. The SMILES string of the molecule is CC1OC(C)C(C(=O)c2ccc(Cl)cc2Cl)C1C. The van der Waals surface area contributed by atoms with Gasteiger partial charge in [0.25, 0.3) is 0 Å². The number of ether oxygens (including phenoxy) is 1. The molecule has 98 valence electrons. The fraction of sp³-hybridized carbons (Fsp3) is 0.500. The van der Waals surface area contributed by atoms with Gasteiger partial charge in [-0.1, -0.05) is 30.1 Å². The van der Waals surface area contributed by atoms with Crippen LogP contribution in [0.25, 0.3) is 0 Å². The standard InChI is InChI=1S/C14H16Cl2O2/c1-7-8(2)18-9(3)13(7)14(17)11-5-4-10(15)6-12(11)16/h4-9,13H,1-3H3. The summed E-state index contributed by atoms with van der Waals surface area (Å²) in [6, 6.07) is 4.98. The van der Waals surface area contributed by atoms with Crippen molar-refractivity contribution in [2.75, 3.05) is 0 Å². The van der Waals surface area contributed by atoms with Crippen LogP contribution in [-0.4, -0.2) is 18.0 Å². The lowest BCUT2D eigenvalue weighted by atomic mass is 9.83. The molecule has 1 aliphatic heterocycles. The van der Waals surface area contributed by atoms with Gasteiger partial charge in [0.05, 0.1) is 23.1 Å². The summed E-state index contributed by atoms with van der Waals surface area (Å²) in [5.41, 5.74) is 0.530. The van der Waals surface area contributed by atoms with Crippen molar-refractivity contribution in [2.45, 2.75) is 33.0 Å². The van der Waals surface area contributed by atoms with Crippen LogP contribution in [0.1, 0.15) is 31.1 Å². The van der Waals surface area contributed by atoms with Crippen molar-refractivity contribution in [3.8, 4) is 0 Å². The number of rotatable bonds is 2. The van der Waals surface area contributed by atoms with Crippen molar-refractivity contribution in [3.63, 3.8) is 0 Å². The molecule has 0 N–H and O–H groups in total. The van der Waals surface area contributed by atoms with Gasteiger partial charge in [-0.25, -0.2) is 0 Å². The van der Waals surface area contributed by atoms with E-state index < -0.39 is 0 Å². The van der Waals surface area contributed by atoms with Crippen LogP contribution in [0.3, 0.4) is 0 Å². The number of benzene rings is 1. The van der Waals surface area contributed by atoms with E-state index in [1.165, 1.54) is 0 Å². The zero-order valence-corrected chi connectivity index (χ0v) is 12.1. The first-order valence-corrected chi connectivity index (χ1v) is 6.82. The Bertz CT molecular complexity index is 473. The first kappa shape index (κ1) is 13.9. The van der Waals surface area contributed by atoms with E-state index in [2.05, 4.69) is 0 Å². The number of halogens is 2. The molecule has 1 saturated heterocycles. The minimum absolute atomic E-state index is 0.0426. The number of carbonyl (C=O) groups excluding carboxylic acids is 1. The van der Waals surface area contributed by atoms with E-state index in [1.54, 1.807) is 18.2 Å². The van der Waals surface area contributed by atoms with Crippen LogP contribution in [0.4, 0.5) is 0 Å². The van der Waals surface area contributed by atoms with Gasteiger partial charge in [-0.2, -0.15) is 0 Å². The van der Waals surface area contributed by atoms with Crippen molar-refractivity contribution in [1.29, 1.82) is 0 Å². The molecule has 0 radical (unpaired) electrons. The van der Waals surface area contributed by atoms with Gasteiger partial charge in [0.15, 0.2) is 5.78 Å². The average Bonchev–Trinajstić information content (AvgIpc) is 2.52. The highest BCUT2D eigenvalue weighted by Crippen LogP contribution is 2.36. The normalized spacial score (nSPS) is 31.6. The second-order valence-corrected chi connectivity index (χ2v) is 5.76. The highest BCUT2D eigenvalue weighted by atomic mass is 35.5. The fourth-order valence-corrected chi connectivity index (χ4v) is 3.09. The summed E-state index contributed by atoms with van der Waals surface area (Å²) in [4.78, 5) is 12.5. The molecule has 0 aliphatic carbocycles. The van der Waals surface area contributed by atoms with Crippen molar-refractivity contribution >= 4 is 29.0 Å². The Morgan fingerprint density at radius 2 is 1.83 bits per heavy atom. The summed E-state index contributed by atoms with van der Waals surface area (Å²) >= 11 is 11.9. The van der Waals surface area contributed by atoms with Gasteiger partial charge >= 0.3 is 0 Å². The molecule has 4 unspecified atom stereocenters. The van der Waals surface area contributed by atoms with E-state index in [0.717, 1.165) is 0 Å². The molecule has 1 heterocycles. The number of ketones is 1. The monoisotopic (exact) mass is 286 g/mol. The quantitative estimate of drug-likeness (QED) is 0.761.